The molecule has 2 aliphatic rings. The number of pyridine rings is 1. The molecule has 6 rings (SSSR count). The number of anilines is 1. The highest BCUT2D eigenvalue weighted by molar-refractivity contribution is 6.32. The predicted octanol–water partition coefficient (Wildman–Crippen LogP) is 4.66. The highest BCUT2D eigenvalue weighted by Gasteiger charge is 2.55. The highest BCUT2D eigenvalue weighted by Crippen LogP contribution is 2.54. The van der Waals surface area contributed by atoms with Gasteiger partial charge in [-0.3, -0.25) is 14.7 Å². The summed E-state index contributed by atoms with van der Waals surface area (Å²) in [5.41, 5.74) is -0.115. The van der Waals surface area contributed by atoms with Crippen molar-refractivity contribution in [2.45, 2.75) is 37.6 Å². The lowest BCUT2D eigenvalue weighted by atomic mass is 10.1. The van der Waals surface area contributed by atoms with E-state index >= 15 is 0 Å². The number of H-pyrrole nitrogens is 1. The maximum Gasteiger partial charge on any atom is 0.282 e. The van der Waals surface area contributed by atoms with Crippen LogP contribution in [-0.2, 0) is 0 Å². The number of carbonyl (C=O) groups excluding carboxylic acids is 2. The molecule has 2 fully saturated rings. The maximum absolute atomic E-state index is 13.5. The Bertz CT molecular complexity index is 1510. The molecule has 0 unspecified atom stereocenters. The van der Waals surface area contributed by atoms with Gasteiger partial charge in [0.1, 0.15) is 11.4 Å². The van der Waals surface area contributed by atoms with Gasteiger partial charge >= 0.3 is 0 Å². The summed E-state index contributed by atoms with van der Waals surface area (Å²) in [4.78, 5) is 30.9. The number of nitrogens with one attached hydrogen (secondary N) is 3. The molecule has 0 aliphatic heterocycles. The van der Waals surface area contributed by atoms with Crippen LogP contribution in [-0.4, -0.2) is 42.3 Å². The van der Waals surface area contributed by atoms with Crippen LogP contribution in [0.3, 0.4) is 0 Å². The Balaban J connectivity index is 1.38. The number of aromatic amines is 1. The van der Waals surface area contributed by atoms with E-state index in [-0.39, 0.29) is 39.2 Å². The van der Waals surface area contributed by atoms with E-state index in [1.807, 2.05) is 0 Å². The van der Waals surface area contributed by atoms with Gasteiger partial charge in [-0.25, -0.2) is 18.4 Å². The number of hydrogen-bond donors (Lipinski definition) is 3. The van der Waals surface area contributed by atoms with Crippen LogP contribution >= 0.6 is 11.6 Å². The highest BCUT2D eigenvalue weighted by atomic mass is 35.5. The fraction of sp³-hybridized carbons (Fsp3) is 0.292. The molecule has 36 heavy (non-hydrogen) atoms. The predicted molar refractivity (Wildman–Crippen MR) is 128 cm³/mol. The van der Waals surface area contributed by atoms with E-state index < -0.39 is 18.0 Å². The summed E-state index contributed by atoms with van der Waals surface area (Å²) in [6, 6.07) is 7.35. The quantitative estimate of drug-likeness (QED) is 0.333. The lowest BCUT2D eigenvalue weighted by molar-refractivity contribution is 0.0928. The molecule has 0 bridgehead atoms. The number of amides is 2. The molecule has 2 amide bonds. The van der Waals surface area contributed by atoms with Crippen molar-refractivity contribution in [3.05, 3.63) is 64.7 Å². The SMILES string of the molecule is O=C(NC1(C2CC2)CC1)c1c(NC(=O)c2cc(C(F)F)nn2-c2ncccc2Cl)ccc2cn[nH]c12. The molecule has 2 aliphatic carbocycles. The zero-order valence-electron chi connectivity index (χ0n) is 18.8. The molecule has 1 aromatic carbocycles. The zero-order chi connectivity index (χ0) is 25.0. The second-order valence-corrected chi connectivity index (χ2v) is 9.54. The zero-order valence-corrected chi connectivity index (χ0v) is 19.5. The minimum absolute atomic E-state index is 0.0262. The number of benzene rings is 1. The minimum atomic E-state index is -2.92. The van der Waals surface area contributed by atoms with Crippen molar-refractivity contribution in [2.24, 2.45) is 5.92 Å². The first-order valence-electron chi connectivity index (χ1n) is 11.5. The first-order valence-corrected chi connectivity index (χ1v) is 11.8. The van der Waals surface area contributed by atoms with E-state index in [1.54, 1.807) is 24.4 Å². The molecular weight excluding hydrogens is 492 g/mol. The van der Waals surface area contributed by atoms with Crippen molar-refractivity contribution in [1.29, 1.82) is 0 Å². The molecule has 0 spiro atoms. The van der Waals surface area contributed by atoms with Crippen LogP contribution in [0.25, 0.3) is 16.7 Å². The number of fused-ring (bicyclic) bond motifs is 1. The van der Waals surface area contributed by atoms with Crippen LogP contribution < -0.4 is 10.6 Å². The summed E-state index contributed by atoms with van der Waals surface area (Å²) in [6.07, 6.45) is 4.10. The fourth-order valence-corrected chi connectivity index (χ4v) is 4.80. The standard InChI is InChI=1S/C24H20ClF2N7O2/c25-14-2-1-9-28-21(14)34-17(10-16(33-34)20(26)27)22(35)30-15-6-3-12-11-29-32-19(12)18(15)23(36)31-24(7-8-24)13-4-5-13/h1-3,6,9-11,13,20H,4-5,7-8H2,(H,29,32)(H,30,35)(H,31,36). The van der Waals surface area contributed by atoms with Gasteiger partial charge in [-0.2, -0.15) is 10.2 Å². The van der Waals surface area contributed by atoms with Crippen LogP contribution in [0.15, 0.2) is 42.7 Å². The summed E-state index contributed by atoms with van der Waals surface area (Å²) in [6.45, 7) is 0. The lowest BCUT2D eigenvalue weighted by Gasteiger charge is -2.19. The fourth-order valence-electron chi connectivity index (χ4n) is 4.60. The van der Waals surface area contributed by atoms with Gasteiger partial charge in [-0.15, -0.1) is 0 Å². The van der Waals surface area contributed by atoms with Gasteiger partial charge in [0, 0.05) is 17.1 Å². The Morgan fingerprint density at radius 3 is 2.69 bits per heavy atom. The van der Waals surface area contributed by atoms with E-state index in [9.17, 15) is 18.4 Å². The van der Waals surface area contributed by atoms with Gasteiger partial charge in [0.05, 0.1) is 28.0 Å². The van der Waals surface area contributed by atoms with Crippen molar-refractivity contribution in [1.82, 2.24) is 30.3 Å². The number of carbonyl (C=O) groups is 2. The van der Waals surface area contributed by atoms with Crippen molar-refractivity contribution in [2.75, 3.05) is 5.32 Å². The maximum atomic E-state index is 13.5. The van der Waals surface area contributed by atoms with Crippen molar-refractivity contribution in [3.8, 4) is 5.82 Å². The molecule has 2 saturated carbocycles. The molecule has 3 aromatic heterocycles. The summed E-state index contributed by atoms with van der Waals surface area (Å²) in [7, 11) is 0. The van der Waals surface area contributed by atoms with Crippen molar-refractivity contribution in [3.63, 3.8) is 0 Å². The Labute approximate surface area is 208 Å². The molecule has 3 heterocycles. The second-order valence-electron chi connectivity index (χ2n) is 9.14. The largest absolute Gasteiger partial charge is 0.346 e. The number of halogens is 3. The summed E-state index contributed by atoms with van der Waals surface area (Å²) in [5.74, 6) is -0.588. The monoisotopic (exact) mass is 511 g/mol. The van der Waals surface area contributed by atoms with E-state index in [0.29, 0.717) is 16.8 Å². The minimum Gasteiger partial charge on any atom is -0.346 e. The first-order chi connectivity index (χ1) is 17.4. The Kier molecular flexibility index (Phi) is 5.25. The number of aromatic nitrogens is 5. The van der Waals surface area contributed by atoms with Gasteiger partial charge in [-0.1, -0.05) is 11.6 Å². The summed E-state index contributed by atoms with van der Waals surface area (Å²) < 4.78 is 27.9. The van der Waals surface area contributed by atoms with Crippen LogP contribution in [0, 0.1) is 5.92 Å². The third-order valence-corrected chi connectivity index (χ3v) is 7.02. The van der Waals surface area contributed by atoms with Gasteiger partial charge in [-0.05, 0) is 61.9 Å². The van der Waals surface area contributed by atoms with Gasteiger partial charge in [0.15, 0.2) is 5.82 Å². The number of rotatable bonds is 7. The molecule has 0 saturated heterocycles. The van der Waals surface area contributed by atoms with E-state index in [4.69, 9.17) is 11.6 Å². The normalized spacial score (nSPS) is 16.3. The summed E-state index contributed by atoms with van der Waals surface area (Å²) in [5, 5.41) is 17.4. The van der Waals surface area contributed by atoms with E-state index in [1.165, 1.54) is 12.3 Å². The van der Waals surface area contributed by atoms with Crippen LogP contribution in [0.4, 0.5) is 14.5 Å². The molecule has 0 atom stereocenters. The van der Waals surface area contributed by atoms with E-state index in [2.05, 4.69) is 30.9 Å². The average Bonchev–Trinajstić information content (AvgIpc) is 3.75. The Hall–Kier alpha value is -3.86. The van der Waals surface area contributed by atoms with Crippen LogP contribution in [0.1, 0.15) is 58.6 Å². The van der Waals surface area contributed by atoms with Crippen molar-refractivity contribution < 1.29 is 18.4 Å². The molecule has 4 aromatic rings. The molecular formula is C24H20ClF2N7O2. The van der Waals surface area contributed by atoms with Gasteiger partial charge < -0.3 is 10.6 Å². The number of alkyl halides is 2. The Morgan fingerprint density at radius 2 is 2.00 bits per heavy atom. The van der Waals surface area contributed by atoms with Gasteiger partial charge in [0.25, 0.3) is 18.2 Å². The molecule has 3 N–H and O–H groups in total. The topological polar surface area (TPSA) is 118 Å². The summed E-state index contributed by atoms with van der Waals surface area (Å²) >= 11 is 6.20. The number of nitrogens with zero attached hydrogens (tertiary/aromatic N) is 4. The molecule has 12 heteroatoms. The third-order valence-electron chi connectivity index (χ3n) is 6.73. The second kappa shape index (κ2) is 8.37. The first kappa shape index (κ1) is 22.6. The van der Waals surface area contributed by atoms with Crippen molar-refractivity contribution >= 4 is 40.0 Å². The van der Waals surface area contributed by atoms with Crippen LogP contribution in [0.5, 0.6) is 0 Å². The number of hydrogen-bond acceptors (Lipinski definition) is 5. The molecule has 9 nitrogen and oxygen atoms in total. The average molecular weight is 512 g/mol. The van der Waals surface area contributed by atoms with Crippen LogP contribution in [0.2, 0.25) is 5.02 Å². The molecule has 0 radical (unpaired) electrons. The Morgan fingerprint density at radius 1 is 1.19 bits per heavy atom. The van der Waals surface area contributed by atoms with Gasteiger partial charge in [0.2, 0.25) is 0 Å². The van der Waals surface area contributed by atoms with E-state index in [0.717, 1.165) is 36.4 Å². The third kappa shape index (κ3) is 3.89. The lowest BCUT2D eigenvalue weighted by Crippen LogP contribution is -2.39. The molecule has 184 valence electrons. The smallest absolute Gasteiger partial charge is 0.282 e.